The van der Waals surface area contributed by atoms with E-state index in [1.54, 1.807) is 0 Å². The van der Waals surface area contributed by atoms with Crippen molar-refractivity contribution in [2.45, 2.75) is 18.9 Å². The van der Waals surface area contributed by atoms with E-state index in [2.05, 4.69) is 17.3 Å². The van der Waals surface area contributed by atoms with Gasteiger partial charge in [-0.15, -0.1) is 0 Å². The largest absolute Gasteiger partial charge is 0.378 e. The highest BCUT2D eigenvalue weighted by Crippen LogP contribution is 2.13. The summed E-state index contributed by atoms with van der Waals surface area (Å²) in [6.45, 7) is 4.68. The van der Waals surface area contributed by atoms with Gasteiger partial charge in [-0.2, -0.15) is 0 Å². The van der Waals surface area contributed by atoms with Gasteiger partial charge in [0, 0.05) is 25.7 Å². The molecule has 5 heteroatoms. The predicted molar refractivity (Wildman–Crippen MR) is 61.4 cm³/mol. The SMILES string of the molecule is CN1CCCC1CNC(=O)N1CCOCC1. The second kappa shape index (κ2) is 5.50. The number of likely N-dealkylation sites (N-methyl/N-ethyl adjacent to an activating group) is 1. The molecule has 0 saturated carbocycles. The molecule has 2 saturated heterocycles. The van der Waals surface area contributed by atoms with E-state index in [-0.39, 0.29) is 6.03 Å². The lowest BCUT2D eigenvalue weighted by Crippen LogP contribution is -2.48. The third-order valence-corrected chi connectivity index (χ3v) is 3.46. The number of urea groups is 1. The predicted octanol–water partition coefficient (Wildman–Crippen LogP) is 0.122. The van der Waals surface area contributed by atoms with Crippen LogP contribution in [0.1, 0.15) is 12.8 Å². The number of ether oxygens (including phenoxy) is 1. The van der Waals surface area contributed by atoms with Gasteiger partial charge in [0.05, 0.1) is 13.2 Å². The van der Waals surface area contributed by atoms with Crippen LogP contribution in [0.25, 0.3) is 0 Å². The van der Waals surface area contributed by atoms with Crippen molar-refractivity contribution in [3.8, 4) is 0 Å². The average Bonchev–Trinajstić information content (AvgIpc) is 2.73. The number of nitrogens with one attached hydrogen (secondary N) is 1. The molecular formula is C11H21N3O2. The van der Waals surface area contributed by atoms with Crippen LogP contribution >= 0.6 is 0 Å². The number of carbonyl (C=O) groups excluding carboxylic acids is 1. The summed E-state index contributed by atoms with van der Waals surface area (Å²) >= 11 is 0. The zero-order chi connectivity index (χ0) is 11.4. The Labute approximate surface area is 96.7 Å². The summed E-state index contributed by atoms with van der Waals surface area (Å²) in [7, 11) is 2.12. The van der Waals surface area contributed by atoms with Gasteiger partial charge in [-0.3, -0.25) is 0 Å². The second-order valence-electron chi connectivity index (χ2n) is 4.56. The average molecular weight is 227 g/mol. The Bertz CT molecular complexity index is 241. The van der Waals surface area contributed by atoms with Crippen LogP contribution in [0.2, 0.25) is 0 Å². The Kier molecular flexibility index (Phi) is 4.01. The van der Waals surface area contributed by atoms with E-state index in [4.69, 9.17) is 4.74 Å². The maximum Gasteiger partial charge on any atom is 0.317 e. The minimum Gasteiger partial charge on any atom is -0.378 e. The van der Waals surface area contributed by atoms with Gasteiger partial charge in [0.15, 0.2) is 0 Å². The monoisotopic (exact) mass is 227 g/mol. The van der Waals surface area contributed by atoms with Crippen molar-refractivity contribution in [2.24, 2.45) is 0 Å². The molecule has 5 nitrogen and oxygen atoms in total. The Morgan fingerprint density at radius 3 is 2.75 bits per heavy atom. The van der Waals surface area contributed by atoms with Crippen LogP contribution in [0.3, 0.4) is 0 Å². The lowest BCUT2D eigenvalue weighted by molar-refractivity contribution is 0.0529. The fourth-order valence-corrected chi connectivity index (χ4v) is 2.32. The van der Waals surface area contributed by atoms with E-state index in [1.807, 2.05) is 4.90 Å². The van der Waals surface area contributed by atoms with Crippen LogP contribution in [0.4, 0.5) is 4.79 Å². The third kappa shape index (κ3) is 2.86. The molecule has 0 bridgehead atoms. The molecule has 1 N–H and O–H groups in total. The van der Waals surface area contributed by atoms with Crippen molar-refractivity contribution >= 4 is 6.03 Å². The zero-order valence-electron chi connectivity index (χ0n) is 9.95. The smallest absolute Gasteiger partial charge is 0.317 e. The van der Waals surface area contributed by atoms with Crippen LogP contribution in [-0.4, -0.2) is 68.3 Å². The van der Waals surface area contributed by atoms with E-state index in [0.29, 0.717) is 32.3 Å². The summed E-state index contributed by atoms with van der Waals surface area (Å²) < 4.78 is 5.21. The van der Waals surface area contributed by atoms with Crippen LogP contribution < -0.4 is 5.32 Å². The molecule has 16 heavy (non-hydrogen) atoms. The molecule has 92 valence electrons. The molecule has 1 unspecified atom stereocenters. The molecule has 2 amide bonds. The quantitative estimate of drug-likeness (QED) is 0.729. The molecule has 0 aromatic carbocycles. The highest BCUT2D eigenvalue weighted by atomic mass is 16.5. The van der Waals surface area contributed by atoms with Gasteiger partial charge in [-0.05, 0) is 26.4 Å². The number of carbonyl (C=O) groups is 1. The van der Waals surface area contributed by atoms with Gasteiger partial charge in [-0.1, -0.05) is 0 Å². The van der Waals surface area contributed by atoms with Crippen LogP contribution in [0.5, 0.6) is 0 Å². The lowest BCUT2D eigenvalue weighted by Gasteiger charge is -2.28. The summed E-state index contributed by atoms with van der Waals surface area (Å²) in [5.41, 5.74) is 0. The summed E-state index contributed by atoms with van der Waals surface area (Å²) in [5.74, 6) is 0. The summed E-state index contributed by atoms with van der Waals surface area (Å²) in [4.78, 5) is 16.0. The standard InChI is InChI=1S/C11H21N3O2/c1-13-4-2-3-10(13)9-12-11(15)14-5-7-16-8-6-14/h10H,2-9H2,1H3,(H,12,15). The fraction of sp³-hybridized carbons (Fsp3) is 0.909. The van der Waals surface area contributed by atoms with Crippen molar-refractivity contribution in [3.05, 3.63) is 0 Å². The van der Waals surface area contributed by atoms with Crippen LogP contribution in [-0.2, 0) is 4.74 Å². The normalized spacial score (nSPS) is 27.1. The molecule has 0 aliphatic carbocycles. The first-order valence-corrected chi connectivity index (χ1v) is 6.08. The first-order chi connectivity index (χ1) is 7.77. The molecule has 0 aromatic rings. The zero-order valence-corrected chi connectivity index (χ0v) is 9.95. The van der Waals surface area contributed by atoms with Crippen molar-refractivity contribution in [1.82, 2.24) is 15.1 Å². The van der Waals surface area contributed by atoms with Crippen molar-refractivity contribution in [2.75, 3.05) is 46.4 Å². The number of likely N-dealkylation sites (tertiary alicyclic amines) is 1. The van der Waals surface area contributed by atoms with Crippen molar-refractivity contribution < 1.29 is 9.53 Å². The topological polar surface area (TPSA) is 44.8 Å². The molecule has 2 fully saturated rings. The van der Waals surface area contributed by atoms with E-state index < -0.39 is 0 Å². The number of morpholine rings is 1. The lowest BCUT2D eigenvalue weighted by atomic mass is 10.2. The van der Waals surface area contributed by atoms with Gasteiger partial charge < -0.3 is 19.9 Å². The van der Waals surface area contributed by atoms with E-state index >= 15 is 0 Å². The summed E-state index contributed by atoms with van der Waals surface area (Å²) in [6, 6.07) is 0.577. The van der Waals surface area contributed by atoms with Gasteiger partial charge in [0.2, 0.25) is 0 Å². The number of nitrogens with zero attached hydrogens (tertiary/aromatic N) is 2. The minimum atomic E-state index is 0.0589. The maximum absolute atomic E-state index is 11.8. The highest BCUT2D eigenvalue weighted by molar-refractivity contribution is 5.74. The van der Waals surface area contributed by atoms with Gasteiger partial charge in [0.1, 0.15) is 0 Å². The Hall–Kier alpha value is -0.810. The van der Waals surface area contributed by atoms with Crippen molar-refractivity contribution in [1.29, 1.82) is 0 Å². The summed E-state index contributed by atoms with van der Waals surface area (Å²) in [6.07, 6.45) is 2.44. The Balaban J connectivity index is 1.70. The first-order valence-electron chi connectivity index (χ1n) is 6.08. The molecule has 2 aliphatic heterocycles. The van der Waals surface area contributed by atoms with Gasteiger partial charge in [0.25, 0.3) is 0 Å². The molecule has 0 spiro atoms. The number of rotatable bonds is 2. The fourth-order valence-electron chi connectivity index (χ4n) is 2.32. The number of hydrogen-bond acceptors (Lipinski definition) is 3. The first kappa shape index (κ1) is 11.7. The van der Waals surface area contributed by atoms with E-state index in [9.17, 15) is 4.79 Å². The Morgan fingerprint density at radius 2 is 2.12 bits per heavy atom. The molecule has 2 aliphatic rings. The molecule has 2 rings (SSSR count). The molecule has 0 radical (unpaired) electrons. The molecular weight excluding hydrogens is 206 g/mol. The highest BCUT2D eigenvalue weighted by Gasteiger charge is 2.22. The number of hydrogen-bond donors (Lipinski definition) is 1. The molecule has 0 aromatic heterocycles. The van der Waals surface area contributed by atoms with E-state index in [0.717, 1.165) is 13.1 Å². The van der Waals surface area contributed by atoms with Crippen LogP contribution in [0.15, 0.2) is 0 Å². The molecule has 1 atom stereocenters. The maximum atomic E-state index is 11.8. The second-order valence-corrected chi connectivity index (χ2v) is 4.56. The van der Waals surface area contributed by atoms with Crippen LogP contribution in [0, 0.1) is 0 Å². The third-order valence-electron chi connectivity index (χ3n) is 3.46. The van der Waals surface area contributed by atoms with Gasteiger partial charge in [-0.25, -0.2) is 4.79 Å². The Morgan fingerprint density at radius 1 is 1.38 bits per heavy atom. The number of amides is 2. The van der Waals surface area contributed by atoms with E-state index in [1.165, 1.54) is 12.8 Å². The van der Waals surface area contributed by atoms with Crippen molar-refractivity contribution in [3.63, 3.8) is 0 Å². The summed E-state index contributed by atoms with van der Waals surface area (Å²) in [5, 5.41) is 3.01. The molecule has 2 heterocycles. The van der Waals surface area contributed by atoms with Gasteiger partial charge >= 0.3 is 6.03 Å². The minimum absolute atomic E-state index is 0.0589.